The highest BCUT2D eigenvalue weighted by atomic mass is 16.4. The minimum absolute atomic E-state index is 0.168. The van der Waals surface area contributed by atoms with Crippen LogP contribution in [0, 0.1) is 5.92 Å². The number of allylic oxidation sites excluding steroid dienone is 10. The molecule has 0 aromatic rings. The first-order valence-electron chi connectivity index (χ1n) is 9.42. The van der Waals surface area contributed by atoms with Crippen LogP contribution in [-0.4, -0.2) is 22.3 Å². The van der Waals surface area contributed by atoms with E-state index in [2.05, 4.69) is 32.1 Å². The molecule has 3 heteroatoms. The lowest BCUT2D eigenvalue weighted by atomic mass is 10.1. The molecule has 0 aliphatic heterocycles. The van der Waals surface area contributed by atoms with Crippen molar-refractivity contribution in [2.45, 2.75) is 58.5 Å². The molecule has 0 aliphatic carbocycles. The molecule has 1 unspecified atom stereocenters. The van der Waals surface area contributed by atoms with E-state index in [0.29, 0.717) is 18.8 Å². The molecule has 0 rings (SSSR count). The van der Waals surface area contributed by atoms with Crippen LogP contribution in [0.25, 0.3) is 0 Å². The Morgan fingerprint density at radius 2 is 1.54 bits per heavy atom. The number of carboxylic acid groups (broad SMARTS) is 1. The van der Waals surface area contributed by atoms with Crippen molar-refractivity contribution in [3.05, 3.63) is 72.9 Å². The van der Waals surface area contributed by atoms with Gasteiger partial charge in [-0.25, -0.2) is 0 Å². The van der Waals surface area contributed by atoms with E-state index in [0.717, 1.165) is 19.3 Å². The van der Waals surface area contributed by atoms with Crippen molar-refractivity contribution in [3.63, 3.8) is 0 Å². The summed E-state index contributed by atoms with van der Waals surface area (Å²) in [6.45, 7) is 4.33. The van der Waals surface area contributed by atoms with Crippen molar-refractivity contribution in [2.24, 2.45) is 5.92 Å². The third-order valence-electron chi connectivity index (χ3n) is 3.52. The number of aliphatic hydroxyl groups excluding tert-OH is 1. The van der Waals surface area contributed by atoms with E-state index >= 15 is 0 Å². The Kier molecular flexibility index (Phi) is 16.2. The van der Waals surface area contributed by atoms with Crippen LogP contribution in [0.4, 0.5) is 0 Å². The Bertz CT molecular complexity index is 522. The van der Waals surface area contributed by atoms with E-state index in [1.165, 1.54) is 0 Å². The van der Waals surface area contributed by atoms with Gasteiger partial charge in [-0.3, -0.25) is 4.79 Å². The van der Waals surface area contributed by atoms with Gasteiger partial charge in [0.25, 0.3) is 0 Å². The molecule has 0 bridgehead atoms. The third-order valence-corrected chi connectivity index (χ3v) is 3.52. The molecular formula is C23H34O3. The van der Waals surface area contributed by atoms with E-state index in [9.17, 15) is 9.90 Å². The minimum Gasteiger partial charge on any atom is -0.481 e. The van der Waals surface area contributed by atoms with E-state index in [-0.39, 0.29) is 6.42 Å². The third kappa shape index (κ3) is 18.2. The predicted octanol–water partition coefficient (Wildman–Crippen LogP) is 5.77. The smallest absolute Gasteiger partial charge is 0.303 e. The SMILES string of the molecule is CC/C=C\C[C@H](C)\C=C/C=C/C=C/C(O)C/C=C\C/C=C\CCC(=O)O. The van der Waals surface area contributed by atoms with Crippen molar-refractivity contribution >= 4 is 5.97 Å². The summed E-state index contributed by atoms with van der Waals surface area (Å²) in [5.74, 6) is -0.247. The van der Waals surface area contributed by atoms with E-state index < -0.39 is 12.1 Å². The van der Waals surface area contributed by atoms with Crippen LogP contribution in [0.3, 0.4) is 0 Å². The maximum absolute atomic E-state index is 10.3. The lowest BCUT2D eigenvalue weighted by Crippen LogP contribution is -1.98. The largest absolute Gasteiger partial charge is 0.481 e. The second-order valence-electron chi connectivity index (χ2n) is 6.16. The van der Waals surface area contributed by atoms with Crippen molar-refractivity contribution in [2.75, 3.05) is 0 Å². The highest BCUT2D eigenvalue weighted by Gasteiger charge is 1.93. The molecule has 3 nitrogen and oxygen atoms in total. The molecule has 0 aromatic carbocycles. The molecule has 0 fully saturated rings. The van der Waals surface area contributed by atoms with Crippen LogP contribution in [0.15, 0.2) is 72.9 Å². The van der Waals surface area contributed by atoms with Crippen molar-refractivity contribution < 1.29 is 15.0 Å². The zero-order chi connectivity index (χ0) is 19.5. The first kappa shape index (κ1) is 23.9. The number of aliphatic carboxylic acids is 1. The van der Waals surface area contributed by atoms with Crippen molar-refractivity contribution in [1.29, 1.82) is 0 Å². The van der Waals surface area contributed by atoms with Crippen LogP contribution in [0.1, 0.15) is 52.4 Å². The summed E-state index contributed by atoms with van der Waals surface area (Å²) >= 11 is 0. The second kappa shape index (κ2) is 17.7. The summed E-state index contributed by atoms with van der Waals surface area (Å²) in [6, 6.07) is 0. The lowest BCUT2D eigenvalue weighted by Gasteiger charge is -1.99. The summed E-state index contributed by atoms with van der Waals surface area (Å²) in [5.41, 5.74) is 0. The van der Waals surface area contributed by atoms with E-state index in [1.54, 1.807) is 6.08 Å². The van der Waals surface area contributed by atoms with Gasteiger partial charge in [0.15, 0.2) is 0 Å². The van der Waals surface area contributed by atoms with Crippen molar-refractivity contribution in [1.82, 2.24) is 0 Å². The Balaban J connectivity index is 3.87. The summed E-state index contributed by atoms with van der Waals surface area (Å²) in [6.07, 6.45) is 27.6. The fourth-order valence-electron chi connectivity index (χ4n) is 2.04. The molecule has 0 aliphatic rings. The van der Waals surface area contributed by atoms with Gasteiger partial charge in [0.2, 0.25) is 0 Å². The molecule has 2 N–H and O–H groups in total. The number of aliphatic hydroxyl groups is 1. The lowest BCUT2D eigenvalue weighted by molar-refractivity contribution is -0.136. The molecule has 144 valence electrons. The summed E-state index contributed by atoms with van der Waals surface area (Å²) in [5, 5.41) is 18.3. The van der Waals surface area contributed by atoms with Gasteiger partial charge in [-0.15, -0.1) is 0 Å². The summed E-state index contributed by atoms with van der Waals surface area (Å²) < 4.78 is 0. The second-order valence-corrected chi connectivity index (χ2v) is 6.16. The molecule has 2 atom stereocenters. The molecule has 26 heavy (non-hydrogen) atoms. The minimum atomic E-state index is -0.775. The Morgan fingerprint density at radius 3 is 2.23 bits per heavy atom. The highest BCUT2D eigenvalue weighted by molar-refractivity contribution is 5.66. The molecule has 0 radical (unpaired) electrons. The number of hydrogen-bond acceptors (Lipinski definition) is 2. The Hall–Kier alpha value is -2.13. The van der Waals surface area contributed by atoms with Crippen LogP contribution in [-0.2, 0) is 4.79 Å². The zero-order valence-corrected chi connectivity index (χ0v) is 16.1. The number of hydrogen-bond donors (Lipinski definition) is 2. The van der Waals surface area contributed by atoms with E-state index in [1.807, 2.05) is 48.6 Å². The summed E-state index contributed by atoms with van der Waals surface area (Å²) in [7, 11) is 0. The van der Waals surface area contributed by atoms with Crippen LogP contribution < -0.4 is 0 Å². The topological polar surface area (TPSA) is 57.5 Å². The molecular weight excluding hydrogens is 324 g/mol. The van der Waals surface area contributed by atoms with Gasteiger partial charge in [-0.1, -0.05) is 86.8 Å². The van der Waals surface area contributed by atoms with Gasteiger partial charge < -0.3 is 10.2 Å². The fourth-order valence-corrected chi connectivity index (χ4v) is 2.04. The van der Waals surface area contributed by atoms with Crippen LogP contribution >= 0.6 is 0 Å². The van der Waals surface area contributed by atoms with Crippen molar-refractivity contribution in [3.8, 4) is 0 Å². The normalized spacial score (nSPS) is 15.5. The highest BCUT2D eigenvalue weighted by Crippen LogP contribution is 2.05. The quantitative estimate of drug-likeness (QED) is 0.306. The first-order valence-corrected chi connectivity index (χ1v) is 9.42. The number of carboxylic acids is 1. The number of carbonyl (C=O) groups is 1. The molecule has 0 amide bonds. The van der Waals surface area contributed by atoms with Gasteiger partial charge in [0, 0.05) is 6.42 Å². The Morgan fingerprint density at radius 1 is 0.885 bits per heavy atom. The van der Waals surface area contributed by atoms with Gasteiger partial charge >= 0.3 is 5.97 Å². The van der Waals surface area contributed by atoms with E-state index in [4.69, 9.17) is 5.11 Å². The molecule has 0 saturated heterocycles. The number of rotatable bonds is 14. The average molecular weight is 359 g/mol. The zero-order valence-electron chi connectivity index (χ0n) is 16.1. The fraction of sp³-hybridized carbons (Fsp3) is 0.435. The van der Waals surface area contributed by atoms with Gasteiger partial charge in [-0.05, 0) is 38.0 Å². The standard InChI is InChI=1S/C23H34O3/c1-3-4-11-16-21(2)17-12-9-10-14-19-22(24)18-13-7-5-6-8-15-20-23(25)26/h4,6-14,17,19,21-22,24H,3,5,15-16,18,20H2,1-2H3,(H,25,26)/b8-6-,10-9+,11-4-,13-7-,17-12-,19-14+/t21-,22?/m0/s1. The van der Waals surface area contributed by atoms with Gasteiger partial charge in [0.1, 0.15) is 0 Å². The van der Waals surface area contributed by atoms with Gasteiger partial charge in [-0.2, -0.15) is 0 Å². The van der Waals surface area contributed by atoms with Crippen LogP contribution in [0.5, 0.6) is 0 Å². The average Bonchev–Trinajstić information content (AvgIpc) is 2.60. The monoisotopic (exact) mass is 358 g/mol. The van der Waals surface area contributed by atoms with Gasteiger partial charge in [0.05, 0.1) is 6.10 Å². The summed E-state index contributed by atoms with van der Waals surface area (Å²) in [4.78, 5) is 10.3. The first-order chi connectivity index (χ1) is 12.6. The maximum atomic E-state index is 10.3. The molecule has 0 saturated carbocycles. The van der Waals surface area contributed by atoms with Crippen LogP contribution in [0.2, 0.25) is 0 Å². The maximum Gasteiger partial charge on any atom is 0.303 e. The molecule has 0 spiro atoms. The predicted molar refractivity (Wildman–Crippen MR) is 111 cm³/mol. The molecule has 0 heterocycles. The Labute approximate surface area is 158 Å². The molecule has 0 aromatic heterocycles.